The number of carbonyl (C=O) groups excluding carboxylic acids is 2. The third kappa shape index (κ3) is 6.65. The van der Waals surface area contributed by atoms with E-state index in [-0.39, 0.29) is 24.5 Å². The lowest BCUT2D eigenvalue weighted by Gasteiger charge is -2.29. The normalized spacial score (nSPS) is 15.2. The number of amides is 1. The fourth-order valence-corrected chi connectivity index (χ4v) is 4.06. The molecule has 156 valence electrons. The van der Waals surface area contributed by atoms with Crippen molar-refractivity contribution in [2.45, 2.75) is 46.1 Å². The summed E-state index contributed by atoms with van der Waals surface area (Å²) in [6.45, 7) is 7.84. The van der Waals surface area contributed by atoms with Crippen molar-refractivity contribution < 1.29 is 14.3 Å². The summed E-state index contributed by atoms with van der Waals surface area (Å²) < 4.78 is 5.38. The molecule has 1 saturated heterocycles. The van der Waals surface area contributed by atoms with Gasteiger partial charge < -0.3 is 10.1 Å². The van der Waals surface area contributed by atoms with Crippen LogP contribution in [0.1, 0.15) is 55.6 Å². The first-order chi connectivity index (χ1) is 14.0. The van der Waals surface area contributed by atoms with Crippen molar-refractivity contribution in [2.24, 2.45) is 5.92 Å². The summed E-state index contributed by atoms with van der Waals surface area (Å²) in [7, 11) is 0. The van der Waals surface area contributed by atoms with Crippen LogP contribution in [-0.4, -0.2) is 41.3 Å². The maximum Gasteiger partial charge on any atom is 0.226 e. The van der Waals surface area contributed by atoms with E-state index in [0.717, 1.165) is 37.0 Å². The summed E-state index contributed by atoms with van der Waals surface area (Å²) in [4.78, 5) is 31.4. The number of rotatable bonds is 9. The molecule has 29 heavy (non-hydrogen) atoms. The molecule has 0 spiro atoms. The Morgan fingerprint density at radius 3 is 2.62 bits per heavy atom. The van der Waals surface area contributed by atoms with Gasteiger partial charge in [-0.15, -0.1) is 11.3 Å². The molecule has 1 aliphatic rings. The highest BCUT2D eigenvalue weighted by molar-refractivity contribution is 7.13. The van der Waals surface area contributed by atoms with E-state index in [4.69, 9.17) is 4.74 Å². The molecule has 1 fully saturated rings. The number of anilines is 1. The van der Waals surface area contributed by atoms with Crippen molar-refractivity contribution >= 4 is 28.2 Å². The van der Waals surface area contributed by atoms with Gasteiger partial charge in [-0.3, -0.25) is 14.5 Å². The molecule has 6 nitrogen and oxygen atoms in total. The number of nitrogens with one attached hydrogen (secondary N) is 1. The third-order valence-electron chi connectivity index (χ3n) is 5.13. The average Bonchev–Trinajstić information content (AvgIpc) is 3.15. The highest BCUT2D eigenvalue weighted by Gasteiger charge is 2.17. The van der Waals surface area contributed by atoms with Gasteiger partial charge in [0.2, 0.25) is 5.91 Å². The quantitative estimate of drug-likeness (QED) is 0.616. The first-order valence-electron chi connectivity index (χ1n) is 10.3. The molecule has 1 aromatic heterocycles. The Morgan fingerprint density at radius 1 is 1.21 bits per heavy atom. The van der Waals surface area contributed by atoms with Crippen LogP contribution in [0.15, 0.2) is 29.6 Å². The number of hydrogen-bond donors (Lipinski definition) is 1. The van der Waals surface area contributed by atoms with Crippen LogP contribution in [0.2, 0.25) is 0 Å². The second-order valence-corrected chi connectivity index (χ2v) is 8.39. The minimum Gasteiger partial charge on any atom is -0.494 e. The van der Waals surface area contributed by atoms with E-state index in [2.05, 4.69) is 22.1 Å². The Kier molecular flexibility index (Phi) is 7.77. The number of nitrogens with zero attached hydrogens (tertiary/aromatic N) is 2. The molecule has 1 amide bonds. The molecule has 0 unspecified atom stereocenters. The van der Waals surface area contributed by atoms with Gasteiger partial charge in [-0.25, -0.2) is 4.98 Å². The van der Waals surface area contributed by atoms with Crippen LogP contribution in [0.4, 0.5) is 5.13 Å². The Bertz CT molecular complexity index is 811. The van der Waals surface area contributed by atoms with Gasteiger partial charge in [0.1, 0.15) is 5.75 Å². The monoisotopic (exact) mass is 415 g/mol. The van der Waals surface area contributed by atoms with E-state index in [0.29, 0.717) is 17.3 Å². The van der Waals surface area contributed by atoms with Crippen LogP contribution in [0.25, 0.3) is 0 Å². The number of aromatic nitrogens is 1. The molecule has 0 radical (unpaired) electrons. The summed E-state index contributed by atoms with van der Waals surface area (Å²) in [5.74, 6) is 1.31. The number of Topliss-reactive ketones (excluding diaryl/α,β-unsaturated/α-hetero) is 1. The van der Waals surface area contributed by atoms with Gasteiger partial charge in [0.25, 0.3) is 0 Å². The van der Waals surface area contributed by atoms with Gasteiger partial charge in [-0.1, -0.05) is 6.92 Å². The van der Waals surface area contributed by atoms with Crippen LogP contribution >= 0.6 is 11.3 Å². The number of hydrogen-bond acceptors (Lipinski definition) is 6. The zero-order valence-electron chi connectivity index (χ0n) is 17.1. The van der Waals surface area contributed by atoms with Gasteiger partial charge in [0.15, 0.2) is 10.9 Å². The van der Waals surface area contributed by atoms with E-state index in [9.17, 15) is 9.59 Å². The fourth-order valence-electron chi connectivity index (χ4n) is 3.34. The molecule has 0 saturated carbocycles. The van der Waals surface area contributed by atoms with Gasteiger partial charge >= 0.3 is 0 Å². The average molecular weight is 416 g/mol. The molecule has 0 aliphatic carbocycles. The summed E-state index contributed by atoms with van der Waals surface area (Å²) in [6, 6.07) is 7.02. The Hall–Kier alpha value is -2.25. The van der Waals surface area contributed by atoms with Gasteiger partial charge in [0, 0.05) is 30.3 Å². The van der Waals surface area contributed by atoms with Crippen molar-refractivity contribution in [1.82, 2.24) is 9.88 Å². The number of thiazole rings is 1. The predicted molar refractivity (Wildman–Crippen MR) is 116 cm³/mol. The molecule has 1 aliphatic heterocycles. The number of piperidine rings is 1. The van der Waals surface area contributed by atoms with Gasteiger partial charge in [0.05, 0.1) is 12.3 Å². The van der Waals surface area contributed by atoms with Gasteiger partial charge in [-0.2, -0.15) is 0 Å². The number of likely N-dealkylation sites (tertiary alicyclic amines) is 1. The lowest BCUT2D eigenvalue weighted by atomic mass is 9.99. The summed E-state index contributed by atoms with van der Waals surface area (Å²) >= 11 is 1.44. The Morgan fingerprint density at radius 2 is 1.93 bits per heavy atom. The zero-order chi connectivity index (χ0) is 20.6. The number of carbonyl (C=O) groups is 2. The molecule has 0 atom stereocenters. The highest BCUT2D eigenvalue weighted by Crippen LogP contribution is 2.21. The van der Waals surface area contributed by atoms with E-state index in [1.807, 2.05) is 12.3 Å². The van der Waals surface area contributed by atoms with Crippen LogP contribution in [0.5, 0.6) is 5.75 Å². The van der Waals surface area contributed by atoms with E-state index in [1.165, 1.54) is 24.2 Å². The number of ether oxygens (including phenoxy) is 1. The van der Waals surface area contributed by atoms with Crippen LogP contribution in [-0.2, 0) is 11.3 Å². The Balaban J connectivity index is 1.42. The highest BCUT2D eigenvalue weighted by atomic mass is 32.1. The topological polar surface area (TPSA) is 71.5 Å². The molecular formula is C22H29N3O3S. The van der Waals surface area contributed by atoms with E-state index in [1.54, 1.807) is 24.3 Å². The lowest BCUT2D eigenvalue weighted by molar-refractivity contribution is -0.116. The van der Waals surface area contributed by atoms with Crippen LogP contribution in [0.3, 0.4) is 0 Å². The van der Waals surface area contributed by atoms with Crippen LogP contribution < -0.4 is 10.1 Å². The van der Waals surface area contributed by atoms with Crippen molar-refractivity contribution in [1.29, 1.82) is 0 Å². The molecular weight excluding hydrogens is 386 g/mol. The Labute approximate surface area is 176 Å². The van der Waals surface area contributed by atoms with E-state index < -0.39 is 0 Å². The fraction of sp³-hybridized carbons (Fsp3) is 0.500. The summed E-state index contributed by atoms with van der Waals surface area (Å²) in [5, 5.41) is 5.42. The first kappa shape index (κ1) is 21.5. The zero-order valence-corrected chi connectivity index (χ0v) is 18.0. The van der Waals surface area contributed by atoms with Crippen LogP contribution in [0, 0.1) is 5.92 Å². The summed E-state index contributed by atoms with van der Waals surface area (Å²) in [5.41, 5.74) is 1.58. The largest absolute Gasteiger partial charge is 0.494 e. The van der Waals surface area contributed by atoms with Crippen molar-refractivity contribution in [3.63, 3.8) is 0 Å². The van der Waals surface area contributed by atoms with Crippen molar-refractivity contribution in [3.8, 4) is 5.75 Å². The van der Waals surface area contributed by atoms with E-state index >= 15 is 0 Å². The third-order valence-corrected chi connectivity index (χ3v) is 5.93. The lowest BCUT2D eigenvalue weighted by Crippen LogP contribution is -2.32. The smallest absolute Gasteiger partial charge is 0.226 e. The first-order valence-corrected chi connectivity index (χ1v) is 11.1. The molecule has 1 N–H and O–H groups in total. The molecule has 0 bridgehead atoms. The molecule has 1 aromatic carbocycles. The van der Waals surface area contributed by atoms with Crippen molar-refractivity contribution in [3.05, 3.63) is 40.9 Å². The molecule has 3 rings (SSSR count). The maximum atomic E-state index is 12.3. The van der Waals surface area contributed by atoms with Crippen molar-refractivity contribution in [2.75, 3.05) is 25.0 Å². The molecule has 2 heterocycles. The molecule has 7 heteroatoms. The maximum absolute atomic E-state index is 12.3. The predicted octanol–water partition coefficient (Wildman–Crippen LogP) is 4.38. The standard InChI is InChI=1S/C22H29N3O3S/c1-3-28-19-6-4-17(5-7-19)20(26)8-9-21(27)24-22-23-18(15-29-22)14-25-12-10-16(2)11-13-25/h4-7,15-16H,3,8-14H2,1-2H3,(H,23,24,27). The summed E-state index contributed by atoms with van der Waals surface area (Å²) in [6.07, 6.45) is 2.78. The minimum absolute atomic E-state index is 0.0534. The minimum atomic E-state index is -0.183. The molecule has 2 aromatic rings. The SMILES string of the molecule is CCOc1ccc(C(=O)CCC(=O)Nc2nc(CN3CCC(C)CC3)cs2)cc1. The second kappa shape index (κ2) is 10.5. The van der Waals surface area contributed by atoms with Gasteiger partial charge in [-0.05, 0) is 63.0 Å². The number of ketones is 1. The number of benzene rings is 1. The second-order valence-electron chi connectivity index (χ2n) is 7.53.